The number of carbonyl (C=O) groups excluding carboxylic acids is 2. The lowest BCUT2D eigenvalue weighted by Gasteiger charge is -2.46. The predicted octanol–water partition coefficient (Wildman–Crippen LogP) is 13.7. The largest absolute Gasteiger partial charge is 0.481 e. The number of hydrogen-bond acceptors (Lipinski definition) is 5. The van der Waals surface area contributed by atoms with E-state index in [1.54, 1.807) is 0 Å². The van der Waals surface area contributed by atoms with Crippen LogP contribution in [0.15, 0.2) is 72.8 Å². The highest BCUT2D eigenvalue weighted by atomic mass is 28.4. The Morgan fingerprint density at radius 2 is 1.03 bits per heavy atom. The number of ether oxygens (including phenoxy) is 1. The maximum Gasteiger partial charge on any atom is 0.315 e. The number of carboxylic acids is 1. The fourth-order valence-electron chi connectivity index (χ4n) is 8.73. The minimum Gasteiger partial charge on any atom is -0.481 e. The van der Waals surface area contributed by atoms with Gasteiger partial charge in [0.2, 0.25) is 0 Å². The van der Waals surface area contributed by atoms with Crippen molar-refractivity contribution in [3.05, 3.63) is 72.8 Å². The van der Waals surface area contributed by atoms with Crippen LogP contribution in [0.25, 0.3) is 0 Å². The number of esters is 1. The van der Waals surface area contributed by atoms with E-state index >= 15 is 0 Å². The highest BCUT2D eigenvalue weighted by Crippen LogP contribution is 2.38. The first-order valence-corrected chi connectivity index (χ1v) is 27.8. The summed E-state index contributed by atoms with van der Waals surface area (Å²) in [6, 6.07) is 19.8. The van der Waals surface area contributed by atoms with E-state index in [4.69, 9.17) is 9.16 Å². The Morgan fingerprint density at radius 3 is 1.45 bits per heavy atom. The lowest BCUT2D eigenvalue weighted by Crippen LogP contribution is -2.69. The maximum absolute atomic E-state index is 13.7. The zero-order valence-electron chi connectivity index (χ0n) is 41.3. The molecule has 0 saturated carbocycles. The average molecular weight is 905 g/mol. The smallest absolute Gasteiger partial charge is 0.315 e. The van der Waals surface area contributed by atoms with Crippen molar-refractivity contribution < 1.29 is 28.7 Å². The van der Waals surface area contributed by atoms with Crippen molar-refractivity contribution in [3.8, 4) is 0 Å². The number of aliphatic carboxylic acids is 1. The van der Waals surface area contributed by atoms with Gasteiger partial charge in [-0.2, -0.15) is 0 Å². The molecule has 0 radical (unpaired) electrons. The fraction of sp³-hybridized carbons (Fsp3) is 0.691. The monoisotopic (exact) mass is 905 g/mol. The third-order valence-electron chi connectivity index (χ3n) is 12.5. The van der Waals surface area contributed by atoms with Gasteiger partial charge in [0.25, 0.3) is 8.32 Å². The molecule has 2 aromatic rings. The van der Waals surface area contributed by atoms with Crippen LogP contribution in [-0.4, -0.2) is 56.7 Å². The van der Waals surface area contributed by atoms with Gasteiger partial charge in [0.1, 0.15) is 6.61 Å². The summed E-state index contributed by atoms with van der Waals surface area (Å²) in [5, 5.41) is 17.4. The molecule has 0 heterocycles. The van der Waals surface area contributed by atoms with Gasteiger partial charge >= 0.3 is 18.0 Å². The number of nitrogens with one attached hydrogen (secondary N) is 2. The fourth-order valence-corrected chi connectivity index (χ4v) is 13.4. The first-order valence-electron chi connectivity index (χ1n) is 25.9. The molecule has 0 aromatic heterocycles. The number of unbranched alkanes of at least 4 members (excludes halogenated alkanes) is 24. The van der Waals surface area contributed by atoms with Gasteiger partial charge in [0.15, 0.2) is 0 Å². The second-order valence-electron chi connectivity index (χ2n) is 19.2. The number of carbonyl (C=O) groups is 3. The number of amides is 2. The topological polar surface area (TPSA) is 114 Å². The van der Waals surface area contributed by atoms with Crippen LogP contribution in [0, 0.1) is 0 Å². The van der Waals surface area contributed by atoms with Crippen molar-refractivity contribution in [2.75, 3.05) is 13.2 Å². The number of allylic oxidation sites excluding steroid dienone is 1. The molecule has 3 N–H and O–H groups in total. The molecule has 0 aliphatic heterocycles. The maximum atomic E-state index is 13.7. The second kappa shape index (κ2) is 35.8. The van der Waals surface area contributed by atoms with Crippen LogP contribution in [0.5, 0.6) is 0 Å². The van der Waals surface area contributed by atoms with Crippen LogP contribution in [-0.2, 0) is 18.8 Å². The number of hydrogen-bond donors (Lipinski definition) is 3. The van der Waals surface area contributed by atoms with E-state index in [-0.39, 0.29) is 30.5 Å². The van der Waals surface area contributed by atoms with Crippen LogP contribution < -0.4 is 21.0 Å². The Morgan fingerprint density at radius 1 is 0.609 bits per heavy atom. The Hall–Kier alpha value is -3.43. The first kappa shape index (κ1) is 56.7. The van der Waals surface area contributed by atoms with Crippen LogP contribution in [0.3, 0.4) is 0 Å². The molecule has 0 unspecified atom stereocenters. The number of carboxylic acid groups (broad SMARTS) is 1. The molecule has 0 fully saturated rings. The Balaban J connectivity index is 2.20. The van der Waals surface area contributed by atoms with Gasteiger partial charge in [0.05, 0.1) is 25.0 Å². The molecule has 0 aliphatic carbocycles. The highest BCUT2D eigenvalue weighted by Gasteiger charge is 2.52. The minimum absolute atomic E-state index is 0.156. The molecule has 64 heavy (non-hydrogen) atoms. The number of benzene rings is 2. The van der Waals surface area contributed by atoms with Crippen molar-refractivity contribution in [2.24, 2.45) is 0 Å². The first-order chi connectivity index (χ1) is 31.0. The molecule has 0 bridgehead atoms. The van der Waals surface area contributed by atoms with E-state index < -0.39 is 32.4 Å². The predicted molar refractivity (Wildman–Crippen MR) is 271 cm³/mol. The van der Waals surface area contributed by atoms with Crippen LogP contribution >= 0.6 is 0 Å². The molecular weight excluding hydrogens is 813 g/mol. The zero-order valence-corrected chi connectivity index (χ0v) is 42.3. The molecule has 8 nitrogen and oxygen atoms in total. The summed E-state index contributed by atoms with van der Waals surface area (Å²) >= 11 is 0. The summed E-state index contributed by atoms with van der Waals surface area (Å²) in [4.78, 5) is 37.9. The molecule has 2 aromatic carbocycles. The van der Waals surface area contributed by atoms with Gasteiger partial charge in [-0.3, -0.25) is 9.59 Å². The van der Waals surface area contributed by atoms with Crippen LogP contribution in [0.4, 0.5) is 4.79 Å². The van der Waals surface area contributed by atoms with E-state index in [0.29, 0.717) is 6.54 Å². The minimum atomic E-state index is -3.12. The molecule has 0 spiro atoms. The number of rotatable bonds is 39. The summed E-state index contributed by atoms with van der Waals surface area (Å²) < 4.78 is 13.4. The molecule has 0 saturated heterocycles. The van der Waals surface area contributed by atoms with Gasteiger partial charge in [-0.15, -0.1) is 0 Å². The molecule has 2 atom stereocenters. The molecule has 9 heteroatoms. The van der Waals surface area contributed by atoms with Crippen molar-refractivity contribution >= 4 is 36.7 Å². The molecule has 362 valence electrons. The lowest BCUT2D eigenvalue weighted by atomic mass is 10.0. The Bertz CT molecular complexity index is 1460. The van der Waals surface area contributed by atoms with E-state index in [1.165, 1.54) is 128 Å². The lowest BCUT2D eigenvalue weighted by molar-refractivity contribution is -0.148. The van der Waals surface area contributed by atoms with Crippen LogP contribution in [0.2, 0.25) is 5.04 Å². The molecular formula is C55H92N2O6Si. The second-order valence-corrected chi connectivity index (χ2v) is 23.4. The van der Waals surface area contributed by atoms with Gasteiger partial charge in [-0.25, -0.2) is 4.79 Å². The SMILES string of the molecule is CCCCCCCCCCCCCC=C[C@@H](O[Si](c1ccccc1)(c1ccccc1)C(C)(C)C)[C@H](COC(=O)CCC(=O)O)NC(=O)NCCCCCCCCCCCCCCCC. The van der Waals surface area contributed by atoms with E-state index in [1.807, 2.05) is 12.1 Å². The van der Waals surface area contributed by atoms with Crippen molar-refractivity contribution in [1.29, 1.82) is 0 Å². The summed E-state index contributed by atoms with van der Waals surface area (Å²) in [5.41, 5.74) is 0. The summed E-state index contributed by atoms with van der Waals surface area (Å²) in [6.45, 7) is 11.6. The zero-order chi connectivity index (χ0) is 46.6. The molecule has 2 rings (SSSR count). The normalized spacial score (nSPS) is 12.9. The summed E-state index contributed by atoms with van der Waals surface area (Å²) in [6.07, 6.45) is 35.7. The highest BCUT2D eigenvalue weighted by molar-refractivity contribution is 6.99. The molecule has 0 aliphatic rings. The van der Waals surface area contributed by atoms with Crippen LogP contribution in [0.1, 0.15) is 214 Å². The van der Waals surface area contributed by atoms with Crippen molar-refractivity contribution in [1.82, 2.24) is 10.6 Å². The standard InChI is InChI=1S/C55H92N2O6Si/c1-6-8-10-12-14-16-18-20-22-24-26-28-30-38-46-56-54(61)57-50(47-62-53(60)45-44-52(58)59)51(43-37-29-27-25-23-21-19-17-15-13-11-9-7-2)63-64(55(3,4)5,48-39-33-31-34-40-48)49-41-35-32-36-42-49/h31-37,39-43,50-51H,6-30,38,44-47H2,1-5H3,(H,58,59)(H2,56,57,61)/t50-,51+/m0/s1. The van der Waals surface area contributed by atoms with E-state index in [2.05, 4.69) is 106 Å². The van der Waals surface area contributed by atoms with Crippen molar-refractivity contribution in [3.63, 3.8) is 0 Å². The summed E-state index contributed by atoms with van der Waals surface area (Å²) in [5.74, 6) is -1.68. The Kier molecular flexibility index (Phi) is 31.7. The van der Waals surface area contributed by atoms with E-state index in [9.17, 15) is 19.5 Å². The molecule has 2 amide bonds. The summed E-state index contributed by atoms with van der Waals surface area (Å²) in [7, 11) is -3.12. The third-order valence-corrected chi connectivity index (χ3v) is 17.6. The third kappa shape index (κ3) is 24.7. The van der Waals surface area contributed by atoms with Gasteiger partial charge in [0, 0.05) is 6.54 Å². The van der Waals surface area contributed by atoms with Gasteiger partial charge in [-0.1, -0.05) is 255 Å². The van der Waals surface area contributed by atoms with Gasteiger partial charge < -0.3 is 24.9 Å². The van der Waals surface area contributed by atoms with Crippen molar-refractivity contribution in [2.45, 2.75) is 232 Å². The quantitative estimate of drug-likeness (QED) is 0.0266. The number of urea groups is 1. The average Bonchev–Trinajstić information content (AvgIpc) is 3.28. The van der Waals surface area contributed by atoms with Gasteiger partial charge in [-0.05, 0) is 34.7 Å². The van der Waals surface area contributed by atoms with E-state index in [0.717, 1.165) is 48.9 Å². The Labute approximate surface area is 392 Å².